The van der Waals surface area contributed by atoms with Crippen LogP contribution in [0, 0.1) is 0 Å². The van der Waals surface area contributed by atoms with E-state index in [4.69, 9.17) is 15.3 Å². The first kappa shape index (κ1) is 25.7. The normalized spacial score (nSPS) is 11.2. The first-order chi connectivity index (χ1) is 16.7. The molecule has 11 nitrogen and oxygen atoms in total. The van der Waals surface area contributed by atoms with E-state index in [1.165, 1.54) is 26.4 Å². The molecule has 0 radical (unpaired) electrons. The standard InChI is InChI=1S/C23H26N4O7S/c1-4-5-9-18-25-22(29)20(35(31,32)15-12-10-14(11-13-15)21(28)26-24)23(30)27(18)19-16(33-2)7-6-8-17(19)34-3/h6-8,10-13,30H,4-5,9,24H2,1-3H3,(H,26,28). The molecule has 3 rings (SSSR count). The number of nitrogens with zero attached hydrogens (tertiary/aromatic N) is 2. The molecule has 4 N–H and O–H groups in total. The molecule has 0 aliphatic heterocycles. The summed E-state index contributed by atoms with van der Waals surface area (Å²) in [5.41, 5.74) is 1.14. The van der Waals surface area contributed by atoms with E-state index in [0.29, 0.717) is 6.42 Å². The maximum atomic E-state index is 13.4. The number of para-hydroxylation sites is 1. The maximum Gasteiger partial charge on any atom is 0.296 e. The van der Waals surface area contributed by atoms with E-state index in [0.717, 1.165) is 23.1 Å². The van der Waals surface area contributed by atoms with Gasteiger partial charge in [0.05, 0.1) is 19.1 Å². The molecule has 0 bridgehead atoms. The number of nitrogens with one attached hydrogen (secondary N) is 1. The number of methoxy groups -OCH3 is 2. The van der Waals surface area contributed by atoms with Crippen molar-refractivity contribution in [1.82, 2.24) is 15.0 Å². The lowest BCUT2D eigenvalue weighted by Gasteiger charge is -2.21. The number of nitrogens with two attached hydrogens (primary N) is 1. The van der Waals surface area contributed by atoms with Crippen LogP contribution in [-0.4, -0.2) is 43.2 Å². The highest BCUT2D eigenvalue weighted by atomic mass is 32.2. The smallest absolute Gasteiger partial charge is 0.296 e. The number of carbonyl (C=O) groups is 1. The van der Waals surface area contributed by atoms with Gasteiger partial charge in [-0.05, 0) is 42.8 Å². The fraction of sp³-hybridized carbons (Fsp3) is 0.261. The molecular weight excluding hydrogens is 476 g/mol. The Balaban J connectivity index is 2.33. The number of aromatic nitrogens is 2. The molecule has 2 aromatic carbocycles. The van der Waals surface area contributed by atoms with E-state index in [-0.39, 0.29) is 39.9 Å². The van der Waals surface area contributed by atoms with Crippen LogP contribution in [0.25, 0.3) is 5.69 Å². The number of unbranched alkanes of at least 4 members (excludes halogenated alkanes) is 1. The fourth-order valence-electron chi connectivity index (χ4n) is 3.55. The third-order valence-corrected chi connectivity index (χ3v) is 7.09. The average Bonchev–Trinajstić information content (AvgIpc) is 2.86. The second-order valence-electron chi connectivity index (χ2n) is 7.44. The fourth-order valence-corrected chi connectivity index (χ4v) is 4.89. The lowest BCUT2D eigenvalue weighted by atomic mass is 10.2. The van der Waals surface area contributed by atoms with Crippen LogP contribution in [0.4, 0.5) is 0 Å². The Hall–Kier alpha value is -3.90. The van der Waals surface area contributed by atoms with Crippen molar-refractivity contribution >= 4 is 15.7 Å². The summed E-state index contributed by atoms with van der Waals surface area (Å²) in [7, 11) is -1.73. The molecule has 0 spiro atoms. The summed E-state index contributed by atoms with van der Waals surface area (Å²) in [6.07, 6.45) is 1.67. The largest absolute Gasteiger partial charge is 0.494 e. The third-order valence-electron chi connectivity index (χ3n) is 5.30. The van der Waals surface area contributed by atoms with Crippen molar-refractivity contribution in [1.29, 1.82) is 0 Å². The number of hydrogen-bond acceptors (Lipinski definition) is 9. The molecule has 0 atom stereocenters. The van der Waals surface area contributed by atoms with Gasteiger partial charge in [-0.15, -0.1) is 0 Å². The van der Waals surface area contributed by atoms with Crippen molar-refractivity contribution in [3.8, 4) is 23.1 Å². The van der Waals surface area contributed by atoms with Crippen molar-refractivity contribution in [3.63, 3.8) is 0 Å². The number of amides is 1. The lowest BCUT2D eigenvalue weighted by Crippen LogP contribution is -2.30. The van der Waals surface area contributed by atoms with Gasteiger partial charge in [0.2, 0.25) is 15.7 Å². The molecule has 1 aromatic heterocycles. The van der Waals surface area contributed by atoms with Crippen LogP contribution >= 0.6 is 0 Å². The van der Waals surface area contributed by atoms with E-state index in [1.54, 1.807) is 18.2 Å². The molecule has 0 saturated heterocycles. The number of benzene rings is 2. The number of aryl methyl sites for hydroxylation is 1. The van der Waals surface area contributed by atoms with E-state index >= 15 is 0 Å². The van der Waals surface area contributed by atoms with E-state index < -0.39 is 32.1 Å². The van der Waals surface area contributed by atoms with Crippen molar-refractivity contribution < 1.29 is 27.8 Å². The molecule has 186 valence electrons. The zero-order valence-electron chi connectivity index (χ0n) is 19.4. The summed E-state index contributed by atoms with van der Waals surface area (Å²) in [6, 6.07) is 9.61. The second kappa shape index (κ2) is 10.6. The second-order valence-corrected chi connectivity index (χ2v) is 9.32. The van der Waals surface area contributed by atoms with Gasteiger partial charge in [0.25, 0.3) is 11.5 Å². The van der Waals surface area contributed by atoms with Gasteiger partial charge < -0.3 is 14.6 Å². The first-order valence-electron chi connectivity index (χ1n) is 10.6. The van der Waals surface area contributed by atoms with Crippen molar-refractivity contribution in [2.45, 2.75) is 36.0 Å². The van der Waals surface area contributed by atoms with Crippen LogP contribution in [0.2, 0.25) is 0 Å². The minimum Gasteiger partial charge on any atom is -0.494 e. The molecule has 0 unspecified atom stereocenters. The Morgan fingerprint density at radius 3 is 2.23 bits per heavy atom. The van der Waals surface area contributed by atoms with Crippen molar-refractivity contribution in [3.05, 3.63) is 64.2 Å². The number of nitrogen functional groups attached to an aromatic ring is 1. The summed E-state index contributed by atoms with van der Waals surface area (Å²) in [5, 5.41) is 11.3. The van der Waals surface area contributed by atoms with Crippen molar-refractivity contribution in [2.75, 3.05) is 14.2 Å². The summed E-state index contributed by atoms with van der Waals surface area (Å²) in [5.74, 6) is 4.33. The summed E-state index contributed by atoms with van der Waals surface area (Å²) < 4.78 is 38.9. The van der Waals surface area contributed by atoms with Gasteiger partial charge in [0.15, 0.2) is 4.90 Å². The van der Waals surface area contributed by atoms with E-state index in [2.05, 4.69) is 4.98 Å². The molecule has 12 heteroatoms. The number of hydrogen-bond donors (Lipinski definition) is 3. The van der Waals surface area contributed by atoms with Crippen molar-refractivity contribution in [2.24, 2.45) is 5.84 Å². The van der Waals surface area contributed by atoms with Crippen LogP contribution in [0.3, 0.4) is 0 Å². The number of aromatic hydroxyl groups is 1. The molecule has 35 heavy (non-hydrogen) atoms. The van der Waals surface area contributed by atoms with Gasteiger partial charge >= 0.3 is 0 Å². The lowest BCUT2D eigenvalue weighted by molar-refractivity contribution is 0.0953. The highest BCUT2D eigenvalue weighted by Gasteiger charge is 2.31. The zero-order valence-corrected chi connectivity index (χ0v) is 20.3. The Bertz CT molecular complexity index is 1380. The van der Waals surface area contributed by atoms with Crippen LogP contribution in [0.15, 0.2) is 57.1 Å². The maximum absolute atomic E-state index is 13.4. The van der Waals surface area contributed by atoms with E-state index in [9.17, 15) is 23.1 Å². The topological polar surface area (TPSA) is 163 Å². The number of ether oxygens (including phenoxy) is 2. The molecule has 1 amide bonds. The number of carbonyl (C=O) groups excluding carboxylic acids is 1. The van der Waals surface area contributed by atoms with Gasteiger partial charge in [-0.2, -0.15) is 4.98 Å². The summed E-state index contributed by atoms with van der Waals surface area (Å²) >= 11 is 0. The first-order valence-corrected chi connectivity index (χ1v) is 12.1. The minimum atomic E-state index is -4.55. The molecule has 0 aliphatic carbocycles. The Labute approximate surface area is 202 Å². The van der Waals surface area contributed by atoms with Gasteiger partial charge in [0, 0.05) is 12.0 Å². The molecule has 0 fully saturated rings. The molecule has 0 saturated carbocycles. The minimum absolute atomic E-state index is 0.111. The third kappa shape index (κ3) is 4.84. The quantitative estimate of drug-likeness (QED) is 0.225. The van der Waals surface area contributed by atoms with Crippen LogP contribution in [-0.2, 0) is 16.3 Å². The van der Waals surface area contributed by atoms with Gasteiger partial charge in [-0.3, -0.25) is 19.6 Å². The predicted molar refractivity (Wildman–Crippen MR) is 127 cm³/mol. The highest BCUT2D eigenvalue weighted by molar-refractivity contribution is 7.91. The monoisotopic (exact) mass is 502 g/mol. The van der Waals surface area contributed by atoms with Crippen LogP contribution < -0.4 is 26.3 Å². The van der Waals surface area contributed by atoms with Gasteiger partial charge in [-0.1, -0.05) is 19.4 Å². The summed E-state index contributed by atoms with van der Waals surface area (Å²) in [4.78, 5) is 27.4. The van der Waals surface area contributed by atoms with Crippen LogP contribution in [0.1, 0.15) is 35.9 Å². The SMILES string of the molecule is CCCCc1nc(=O)c(S(=O)(=O)c2ccc(C(=O)NN)cc2)c(O)n1-c1c(OC)cccc1OC. The van der Waals surface area contributed by atoms with E-state index in [1.807, 2.05) is 12.3 Å². The van der Waals surface area contributed by atoms with Gasteiger partial charge in [-0.25, -0.2) is 14.3 Å². The molecule has 0 aliphatic rings. The highest BCUT2D eigenvalue weighted by Crippen LogP contribution is 2.38. The summed E-state index contributed by atoms with van der Waals surface area (Å²) in [6.45, 7) is 1.94. The Morgan fingerprint density at radius 2 is 1.71 bits per heavy atom. The Kier molecular flexibility index (Phi) is 7.77. The molecule has 3 aromatic rings. The predicted octanol–water partition coefficient (Wildman–Crippen LogP) is 1.73. The Morgan fingerprint density at radius 1 is 1.11 bits per heavy atom. The average molecular weight is 503 g/mol. The molecular formula is C23H26N4O7S. The number of rotatable bonds is 9. The van der Waals surface area contributed by atoms with Crippen LogP contribution in [0.5, 0.6) is 17.4 Å². The number of sulfone groups is 1. The zero-order chi connectivity index (χ0) is 25.8. The molecule has 1 heterocycles. The number of hydrazine groups is 1. The van der Waals surface area contributed by atoms with Gasteiger partial charge in [0.1, 0.15) is 23.0 Å².